The Morgan fingerprint density at radius 2 is 1.40 bits per heavy atom. The number of anilines is 5. The predicted molar refractivity (Wildman–Crippen MR) is 95.8 cm³/mol. The van der Waals surface area contributed by atoms with Crippen LogP contribution in [-0.2, 0) is 0 Å². The van der Waals surface area contributed by atoms with E-state index in [9.17, 15) is 8.78 Å². The zero-order valence-electron chi connectivity index (χ0n) is 12.5. The monoisotopic (exact) mass is 381 g/mol. The molecule has 1 heterocycles. The minimum atomic E-state index is -0.980. The van der Waals surface area contributed by atoms with Gasteiger partial charge in [0.2, 0.25) is 0 Å². The van der Waals surface area contributed by atoms with Gasteiger partial charge in [0.1, 0.15) is 12.0 Å². The summed E-state index contributed by atoms with van der Waals surface area (Å²) in [6.45, 7) is 0. The summed E-state index contributed by atoms with van der Waals surface area (Å²) < 4.78 is 26.3. The molecule has 1 aromatic heterocycles. The van der Waals surface area contributed by atoms with Crippen molar-refractivity contribution in [2.24, 2.45) is 0 Å². The Kier molecular flexibility index (Phi) is 4.87. The number of halogens is 4. The SMILES string of the molecule is Nc1c(Nc2ccc(F)c(F)c2)ncnc1Nc1ccc(Cl)c(Cl)c1. The minimum Gasteiger partial charge on any atom is -0.393 e. The van der Waals surface area contributed by atoms with Crippen LogP contribution in [0.3, 0.4) is 0 Å². The Labute approximate surface area is 151 Å². The molecule has 0 fully saturated rings. The number of nitrogen functional groups attached to an aromatic ring is 1. The molecule has 0 unspecified atom stereocenters. The maximum Gasteiger partial charge on any atom is 0.160 e. The van der Waals surface area contributed by atoms with Gasteiger partial charge in [0.05, 0.1) is 10.0 Å². The summed E-state index contributed by atoms with van der Waals surface area (Å²) in [6, 6.07) is 8.33. The number of aromatic nitrogens is 2. The molecule has 3 rings (SSSR count). The fraction of sp³-hybridized carbons (Fsp3) is 0. The first-order valence-electron chi connectivity index (χ1n) is 6.98. The molecule has 3 aromatic rings. The number of hydrogen-bond donors (Lipinski definition) is 3. The number of nitrogens with one attached hydrogen (secondary N) is 2. The van der Waals surface area contributed by atoms with Crippen molar-refractivity contribution >= 4 is 51.9 Å². The van der Waals surface area contributed by atoms with Crippen LogP contribution in [0.1, 0.15) is 0 Å². The van der Waals surface area contributed by atoms with Gasteiger partial charge in [0.25, 0.3) is 0 Å². The molecule has 4 N–H and O–H groups in total. The first-order valence-corrected chi connectivity index (χ1v) is 7.74. The van der Waals surface area contributed by atoms with E-state index in [2.05, 4.69) is 20.6 Å². The fourth-order valence-corrected chi connectivity index (χ4v) is 2.31. The zero-order chi connectivity index (χ0) is 18.0. The molecule has 0 radical (unpaired) electrons. The van der Waals surface area contributed by atoms with Gasteiger partial charge in [-0.3, -0.25) is 0 Å². The molecule has 25 heavy (non-hydrogen) atoms. The van der Waals surface area contributed by atoms with Crippen molar-refractivity contribution in [3.63, 3.8) is 0 Å². The molecule has 0 saturated carbocycles. The second kappa shape index (κ2) is 7.08. The van der Waals surface area contributed by atoms with Gasteiger partial charge in [0, 0.05) is 17.4 Å². The van der Waals surface area contributed by atoms with Crippen LogP contribution in [0.5, 0.6) is 0 Å². The molecule has 0 atom stereocenters. The number of nitrogens with zero attached hydrogens (tertiary/aromatic N) is 2. The fourth-order valence-electron chi connectivity index (χ4n) is 2.02. The van der Waals surface area contributed by atoms with E-state index in [-0.39, 0.29) is 11.5 Å². The first-order chi connectivity index (χ1) is 11.9. The smallest absolute Gasteiger partial charge is 0.160 e. The molecule has 0 amide bonds. The van der Waals surface area contributed by atoms with E-state index in [1.807, 2.05) is 0 Å². The molecule has 0 bridgehead atoms. The van der Waals surface area contributed by atoms with Crippen LogP contribution in [0.15, 0.2) is 42.7 Å². The van der Waals surface area contributed by atoms with E-state index in [0.29, 0.717) is 27.2 Å². The van der Waals surface area contributed by atoms with Crippen LogP contribution < -0.4 is 16.4 Å². The predicted octanol–water partition coefficient (Wildman–Crippen LogP) is 5.13. The zero-order valence-corrected chi connectivity index (χ0v) is 14.0. The van der Waals surface area contributed by atoms with E-state index < -0.39 is 11.6 Å². The van der Waals surface area contributed by atoms with Gasteiger partial charge in [-0.25, -0.2) is 18.7 Å². The van der Waals surface area contributed by atoms with Crippen molar-refractivity contribution in [1.82, 2.24) is 9.97 Å². The first kappa shape index (κ1) is 17.2. The average Bonchev–Trinajstić information content (AvgIpc) is 2.58. The summed E-state index contributed by atoms with van der Waals surface area (Å²) in [5.41, 5.74) is 7.15. The highest BCUT2D eigenvalue weighted by Crippen LogP contribution is 2.31. The van der Waals surface area contributed by atoms with E-state index in [0.717, 1.165) is 12.1 Å². The van der Waals surface area contributed by atoms with Crippen molar-refractivity contribution in [1.29, 1.82) is 0 Å². The molecule has 0 saturated heterocycles. The molecule has 5 nitrogen and oxygen atoms in total. The molecule has 0 aliphatic heterocycles. The lowest BCUT2D eigenvalue weighted by molar-refractivity contribution is 0.509. The Morgan fingerprint density at radius 1 is 0.800 bits per heavy atom. The minimum absolute atomic E-state index is 0.193. The van der Waals surface area contributed by atoms with Gasteiger partial charge in [-0.15, -0.1) is 0 Å². The largest absolute Gasteiger partial charge is 0.393 e. The molecule has 0 aliphatic carbocycles. The summed E-state index contributed by atoms with van der Waals surface area (Å²) in [5.74, 6) is -1.36. The highest BCUT2D eigenvalue weighted by atomic mass is 35.5. The normalized spacial score (nSPS) is 10.6. The lowest BCUT2D eigenvalue weighted by Crippen LogP contribution is -2.05. The molecule has 9 heteroatoms. The van der Waals surface area contributed by atoms with E-state index in [1.54, 1.807) is 18.2 Å². The summed E-state index contributed by atoms with van der Waals surface area (Å²) in [6.07, 6.45) is 1.28. The quantitative estimate of drug-likeness (QED) is 0.583. The molecule has 0 spiro atoms. The van der Waals surface area contributed by atoms with Gasteiger partial charge in [-0.2, -0.15) is 0 Å². The number of hydrogen-bond acceptors (Lipinski definition) is 5. The van der Waals surface area contributed by atoms with Crippen molar-refractivity contribution in [3.8, 4) is 0 Å². The number of rotatable bonds is 4. The molecule has 2 aromatic carbocycles. The highest BCUT2D eigenvalue weighted by molar-refractivity contribution is 6.42. The van der Waals surface area contributed by atoms with Crippen LogP contribution >= 0.6 is 23.2 Å². The molecular weight excluding hydrogens is 371 g/mol. The van der Waals surface area contributed by atoms with Crippen molar-refractivity contribution in [3.05, 3.63) is 64.4 Å². The van der Waals surface area contributed by atoms with Crippen molar-refractivity contribution in [2.45, 2.75) is 0 Å². The Balaban J connectivity index is 1.86. The third-order valence-electron chi connectivity index (χ3n) is 3.25. The highest BCUT2D eigenvalue weighted by Gasteiger charge is 2.11. The number of benzene rings is 2. The topological polar surface area (TPSA) is 75.9 Å². The van der Waals surface area contributed by atoms with Gasteiger partial charge in [0.15, 0.2) is 23.3 Å². The van der Waals surface area contributed by atoms with Crippen molar-refractivity contribution < 1.29 is 8.78 Å². The summed E-state index contributed by atoms with van der Waals surface area (Å²) in [5, 5.41) is 6.61. The molecule has 128 valence electrons. The van der Waals surface area contributed by atoms with E-state index in [1.165, 1.54) is 12.4 Å². The van der Waals surface area contributed by atoms with Gasteiger partial charge in [-0.05, 0) is 30.3 Å². The van der Waals surface area contributed by atoms with Crippen LogP contribution in [0.2, 0.25) is 10.0 Å². The maximum atomic E-state index is 13.3. The summed E-state index contributed by atoms with van der Waals surface area (Å²) in [4.78, 5) is 8.07. The van der Waals surface area contributed by atoms with E-state index in [4.69, 9.17) is 28.9 Å². The second-order valence-electron chi connectivity index (χ2n) is 4.99. The van der Waals surface area contributed by atoms with Crippen LogP contribution in [0.4, 0.5) is 37.5 Å². The summed E-state index contributed by atoms with van der Waals surface area (Å²) in [7, 11) is 0. The maximum absolute atomic E-state index is 13.3. The van der Waals surface area contributed by atoms with Gasteiger partial charge in [-0.1, -0.05) is 23.2 Å². The Morgan fingerprint density at radius 3 is 2.00 bits per heavy atom. The molecule has 0 aliphatic rings. The van der Waals surface area contributed by atoms with Gasteiger partial charge < -0.3 is 16.4 Å². The van der Waals surface area contributed by atoms with Crippen LogP contribution in [0, 0.1) is 11.6 Å². The third-order valence-corrected chi connectivity index (χ3v) is 3.99. The standard InChI is InChI=1S/C16H11Cl2F2N5/c17-10-3-1-8(5-11(10)18)24-15-14(21)16(23-7-22-15)25-9-2-4-12(19)13(20)6-9/h1-7H,21H2,(H2,22,23,24,25). The van der Waals surface area contributed by atoms with Crippen LogP contribution in [-0.4, -0.2) is 9.97 Å². The lowest BCUT2D eigenvalue weighted by Gasteiger charge is -2.13. The van der Waals surface area contributed by atoms with Crippen LogP contribution in [0.25, 0.3) is 0 Å². The summed E-state index contributed by atoms with van der Waals surface area (Å²) >= 11 is 11.8. The van der Waals surface area contributed by atoms with Crippen molar-refractivity contribution in [2.75, 3.05) is 16.4 Å². The van der Waals surface area contributed by atoms with E-state index >= 15 is 0 Å². The Hall–Kier alpha value is -2.64. The average molecular weight is 382 g/mol. The molecular formula is C16H11Cl2F2N5. The third kappa shape index (κ3) is 3.89. The lowest BCUT2D eigenvalue weighted by atomic mass is 10.3. The number of nitrogens with two attached hydrogens (primary N) is 1. The van der Waals surface area contributed by atoms with Gasteiger partial charge >= 0.3 is 0 Å². The second-order valence-corrected chi connectivity index (χ2v) is 5.81. The Bertz CT molecular complexity index is 865.